The second-order valence-corrected chi connectivity index (χ2v) is 11.6. The Balaban J connectivity index is 0.00000189. The number of hydrogen-bond donors (Lipinski definition) is 3. The molecule has 0 saturated heterocycles. The Kier molecular flexibility index (Phi) is 10.1. The van der Waals surface area contributed by atoms with Crippen LogP contribution in [0.15, 0.2) is 53.4 Å². The third kappa shape index (κ3) is 6.92. The molecular formula is C30H36N6O3S2. The smallest absolute Gasteiger partial charge is 0.270 e. The molecular weight excluding hydrogens is 557 g/mol. The number of pyridine rings is 1. The lowest BCUT2D eigenvalue weighted by Gasteiger charge is -2.20. The Morgan fingerprint density at radius 1 is 1.12 bits per heavy atom. The van der Waals surface area contributed by atoms with Crippen LogP contribution in [0.2, 0.25) is 0 Å². The number of imidazole rings is 1. The van der Waals surface area contributed by atoms with Crippen molar-refractivity contribution in [2.45, 2.75) is 46.7 Å². The number of ether oxygens (including phenoxy) is 1. The maximum atomic E-state index is 13.7. The van der Waals surface area contributed by atoms with E-state index in [1.807, 2.05) is 48.9 Å². The van der Waals surface area contributed by atoms with Crippen molar-refractivity contribution in [1.29, 1.82) is 0 Å². The van der Waals surface area contributed by atoms with Crippen LogP contribution in [0.3, 0.4) is 0 Å². The fourth-order valence-corrected chi connectivity index (χ4v) is 6.07. The van der Waals surface area contributed by atoms with Gasteiger partial charge in [-0.15, -0.1) is 0 Å². The van der Waals surface area contributed by atoms with Crippen LogP contribution in [0.25, 0.3) is 27.1 Å². The number of carbonyl (C=O) groups excluding carboxylic acids is 2. The Hall–Kier alpha value is -3.80. The summed E-state index contributed by atoms with van der Waals surface area (Å²) >= 11 is 2.93. The number of thiazole rings is 1. The van der Waals surface area contributed by atoms with Gasteiger partial charge in [-0.1, -0.05) is 45.1 Å². The predicted octanol–water partition coefficient (Wildman–Crippen LogP) is 6.00. The van der Waals surface area contributed by atoms with E-state index >= 15 is 0 Å². The summed E-state index contributed by atoms with van der Waals surface area (Å²) in [6, 6.07) is 11.0. The van der Waals surface area contributed by atoms with Gasteiger partial charge in [-0.2, -0.15) is 11.3 Å². The molecule has 2 amide bonds. The van der Waals surface area contributed by atoms with Crippen molar-refractivity contribution in [2.24, 2.45) is 5.92 Å². The van der Waals surface area contributed by atoms with Gasteiger partial charge < -0.3 is 21.1 Å². The SMILES string of the molecule is CC.COC[C@H](CC(C)C)NC(=O)c1c(-c2ccsc2)nc2c(C(=O)NCc3ccc4nc(N)sc4c3)cccn12. The van der Waals surface area contributed by atoms with Gasteiger partial charge in [0.1, 0.15) is 11.4 Å². The maximum Gasteiger partial charge on any atom is 0.270 e. The zero-order valence-corrected chi connectivity index (χ0v) is 25.6. The molecule has 0 fully saturated rings. The van der Waals surface area contributed by atoms with Crippen LogP contribution in [0.5, 0.6) is 0 Å². The van der Waals surface area contributed by atoms with Crippen molar-refractivity contribution < 1.29 is 14.3 Å². The van der Waals surface area contributed by atoms with Crippen LogP contribution in [0.1, 0.15) is 60.5 Å². The number of amides is 2. The first-order chi connectivity index (χ1) is 19.8. The summed E-state index contributed by atoms with van der Waals surface area (Å²) < 4.78 is 8.02. The molecule has 0 aliphatic carbocycles. The van der Waals surface area contributed by atoms with Crippen molar-refractivity contribution in [2.75, 3.05) is 19.5 Å². The van der Waals surface area contributed by atoms with Gasteiger partial charge >= 0.3 is 0 Å². The minimum Gasteiger partial charge on any atom is -0.383 e. The number of fused-ring (bicyclic) bond motifs is 2. The van der Waals surface area contributed by atoms with E-state index in [0.29, 0.717) is 46.8 Å². The fraction of sp³-hybridized carbons (Fsp3) is 0.333. The highest BCUT2D eigenvalue weighted by Crippen LogP contribution is 2.28. The minimum absolute atomic E-state index is 0.152. The molecule has 4 heterocycles. The number of thiophene rings is 1. The van der Waals surface area contributed by atoms with E-state index < -0.39 is 0 Å². The monoisotopic (exact) mass is 592 g/mol. The van der Waals surface area contributed by atoms with Gasteiger partial charge in [-0.25, -0.2) is 9.97 Å². The van der Waals surface area contributed by atoms with Gasteiger partial charge in [0.25, 0.3) is 11.8 Å². The summed E-state index contributed by atoms with van der Waals surface area (Å²) in [4.78, 5) is 36.1. The van der Waals surface area contributed by atoms with E-state index in [1.165, 1.54) is 22.7 Å². The first-order valence-electron chi connectivity index (χ1n) is 13.6. The average molecular weight is 593 g/mol. The molecule has 0 saturated carbocycles. The van der Waals surface area contributed by atoms with Crippen LogP contribution in [0.4, 0.5) is 5.13 Å². The van der Waals surface area contributed by atoms with Crippen molar-refractivity contribution >= 4 is 55.5 Å². The molecule has 0 unspecified atom stereocenters. The van der Waals surface area contributed by atoms with Crippen LogP contribution in [0, 0.1) is 5.92 Å². The molecule has 1 aromatic carbocycles. The maximum absolute atomic E-state index is 13.7. The highest BCUT2D eigenvalue weighted by molar-refractivity contribution is 7.22. The quantitative estimate of drug-likeness (QED) is 0.183. The van der Waals surface area contributed by atoms with E-state index in [-0.39, 0.29) is 17.9 Å². The van der Waals surface area contributed by atoms with E-state index in [2.05, 4.69) is 29.5 Å². The van der Waals surface area contributed by atoms with Gasteiger partial charge in [0, 0.05) is 30.8 Å². The standard InChI is InChI=1S/C28H30N6O3S2.C2H6/c1-16(2)11-19(14-37-3)31-27(36)24-23(18-8-10-38-15-18)33-25-20(5-4-9-34(24)25)26(35)30-13-17-6-7-21-22(12-17)39-28(29)32-21;1-2/h4-10,12,15-16,19H,11,13-14H2,1-3H3,(H2,29,32)(H,30,35)(H,31,36);1-2H3/t19-;/m0./s1. The molecule has 9 nitrogen and oxygen atoms in total. The van der Waals surface area contributed by atoms with Crippen LogP contribution in [-0.4, -0.2) is 45.9 Å². The predicted molar refractivity (Wildman–Crippen MR) is 168 cm³/mol. The number of rotatable bonds is 10. The number of methoxy groups -OCH3 is 1. The summed E-state index contributed by atoms with van der Waals surface area (Å²) in [6.45, 7) is 8.94. The number of nitrogens with zero attached hydrogens (tertiary/aromatic N) is 3. The van der Waals surface area contributed by atoms with Gasteiger partial charge in [0.15, 0.2) is 10.8 Å². The largest absolute Gasteiger partial charge is 0.383 e. The molecule has 4 N–H and O–H groups in total. The molecule has 5 rings (SSSR count). The lowest BCUT2D eigenvalue weighted by molar-refractivity contribution is 0.0878. The van der Waals surface area contributed by atoms with E-state index in [4.69, 9.17) is 15.5 Å². The highest BCUT2D eigenvalue weighted by atomic mass is 32.1. The number of nitrogens with one attached hydrogen (secondary N) is 2. The van der Waals surface area contributed by atoms with Gasteiger partial charge in [0.05, 0.1) is 28.4 Å². The van der Waals surface area contributed by atoms with E-state index in [1.54, 1.807) is 29.8 Å². The summed E-state index contributed by atoms with van der Waals surface area (Å²) in [5.74, 6) is -0.162. The number of benzene rings is 1. The van der Waals surface area contributed by atoms with Gasteiger partial charge in [-0.05, 0) is 53.6 Å². The van der Waals surface area contributed by atoms with E-state index in [0.717, 1.165) is 27.8 Å². The van der Waals surface area contributed by atoms with Crippen molar-refractivity contribution in [3.05, 3.63) is 70.2 Å². The molecule has 11 heteroatoms. The van der Waals surface area contributed by atoms with Crippen molar-refractivity contribution in [1.82, 2.24) is 25.0 Å². The molecule has 41 heavy (non-hydrogen) atoms. The van der Waals surface area contributed by atoms with Crippen molar-refractivity contribution in [3.63, 3.8) is 0 Å². The second kappa shape index (κ2) is 13.7. The Morgan fingerprint density at radius 3 is 2.63 bits per heavy atom. The fourth-order valence-electron chi connectivity index (χ4n) is 4.63. The lowest BCUT2D eigenvalue weighted by Crippen LogP contribution is -2.39. The van der Waals surface area contributed by atoms with Crippen LogP contribution in [-0.2, 0) is 11.3 Å². The third-order valence-corrected chi connectivity index (χ3v) is 7.82. The molecule has 0 spiro atoms. The van der Waals surface area contributed by atoms with Crippen LogP contribution >= 0.6 is 22.7 Å². The Morgan fingerprint density at radius 2 is 1.93 bits per heavy atom. The number of carbonyl (C=O) groups is 2. The molecule has 4 aromatic heterocycles. The number of nitrogens with two attached hydrogens (primary N) is 1. The topological polar surface area (TPSA) is 124 Å². The number of aromatic nitrogens is 3. The summed E-state index contributed by atoms with van der Waals surface area (Å²) in [6.07, 6.45) is 2.54. The molecule has 1 atom stereocenters. The zero-order valence-electron chi connectivity index (χ0n) is 23.9. The molecule has 0 aliphatic heterocycles. The number of nitrogen functional groups attached to an aromatic ring is 1. The Labute approximate surface area is 247 Å². The Bertz CT molecular complexity index is 1620. The first-order valence-corrected chi connectivity index (χ1v) is 15.4. The normalized spacial score (nSPS) is 11.9. The zero-order chi connectivity index (χ0) is 29.5. The van der Waals surface area contributed by atoms with Gasteiger partial charge in [-0.3, -0.25) is 14.0 Å². The lowest BCUT2D eigenvalue weighted by atomic mass is 10.0. The average Bonchev–Trinajstić information content (AvgIpc) is 3.69. The second-order valence-electron chi connectivity index (χ2n) is 9.73. The molecule has 216 valence electrons. The molecule has 5 aromatic rings. The van der Waals surface area contributed by atoms with Crippen LogP contribution < -0.4 is 16.4 Å². The molecule has 0 bridgehead atoms. The van der Waals surface area contributed by atoms with E-state index in [9.17, 15) is 9.59 Å². The minimum atomic E-state index is -0.282. The summed E-state index contributed by atoms with van der Waals surface area (Å²) in [5, 5.41) is 10.5. The molecule has 0 aliphatic rings. The highest BCUT2D eigenvalue weighted by Gasteiger charge is 2.26. The molecule has 0 radical (unpaired) electrons. The number of anilines is 1. The summed E-state index contributed by atoms with van der Waals surface area (Å²) in [7, 11) is 1.63. The first kappa shape index (κ1) is 30.2. The van der Waals surface area contributed by atoms with Gasteiger partial charge in [0.2, 0.25) is 0 Å². The van der Waals surface area contributed by atoms with Crippen molar-refractivity contribution in [3.8, 4) is 11.3 Å². The number of hydrogen-bond acceptors (Lipinski definition) is 8. The summed E-state index contributed by atoms with van der Waals surface area (Å²) in [5.41, 5.74) is 10.1. The third-order valence-electron chi connectivity index (χ3n) is 6.29.